The largest absolute Gasteiger partial charge is 0.493 e. The topological polar surface area (TPSA) is 18.5 Å². The number of aryl methyl sites for hydroxylation is 1. The highest BCUT2D eigenvalue weighted by Crippen LogP contribution is 2.32. The molecule has 3 rings (SSSR count). The smallest absolute Gasteiger partial charge is 0.285 e. The van der Waals surface area contributed by atoms with E-state index in [-0.39, 0.29) is 16.9 Å². The zero-order chi connectivity index (χ0) is 28.4. The number of hydrogen-bond acceptors (Lipinski definition) is 2. The molecule has 8 heteroatoms. The number of alkyl halides is 2. The molecule has 0 N–H and O–H groups in total. The van der Waals surface area contributed by atoms with Gasteiger partial charge in [-0.15, -0.1) is 0 Å². The lowest BCUT2D eigenvalue weighted by Crippen LogP contribution is -2.29. The molecule has 39 heavy (non-hydrogen) atoms. The Labute approximate surface area is 226 Å². The molecule has 0 heterocycles. The molecule has 0 saturated heterocycles. The predicted octanol–water partition coefficient (Wildman–Crippen LogP) is 9.47. The van der Waals surface area contributed by atoms with E-state index < -0.39 is 53.5 Å². The Balaban J connectivity index is 1.63. The zero-order valence-electron chi connectivity index (χ0n) is 22.3. The van der Waals surface area contributed by atoms with Crippen LogP contribution >= 0.6 is 0 Å². The van der Waals surface area contributed by atoms with Gasteiger partial charge < -0.3 is 9.47 Å². The normalized spacial score (nSPS) is 11.6. The molecule has 0 bridgehead atoms. The Morgan fingerprint density at radius 3 is 2.13 bits per heavy atom. The third-order valence-corrected chi connectivity index (χ3v) is 6.38. The van der Waals surface area contributed by atoms with E-state index in [9.17, 15) is 26.3 Å². The van der Waals surface area contributed by atoms with E-state index >= 15 is 0 Å². The summed E-state index contributed by atoms with van der Waals surface area (Å²) in [5.41, 5.74) is -0.225. The highest BCUT2D eigenvalue weighted by Gasteiger charge is 2.33. The van der Waals surface area contributed by atoms with E-state index in [0.29, 0.717) is 18.6 Å². The maximum atomic E-state index is 14.8. The Kier molecular flexibility index (Phi) is 11.1. The Hall–Kier alpha value is -3.16. The van der Waals surface area contributed by atoms with Crippen LogP contribution in [0, 0.1) is 23.3 Å². The fourth-order valence-electron chi connectivity index (χ4n) is 4.15. The number of ether oxygens (including phenoxy) is 2. The minimum atomic E-state index is -3.62. The van der Waals surface area contributed by atoms with Crippen LogP contribution in [0.5, 0.6) is 11.5 Å². The van der Waals surface area contributed by atoms with Gasteiger partial charge in [0.2, 0.25) is 0 Å². The molecule has 3 aromatic carbocycles. The second kappa shape index (κ2) is 14.3. The molecule has 0 radical (unpaired) electrons. The van der Waals surface area contributed by atoms with Crippen LogP contribution in [0.15, 0.2) is 48.5 Å². The van der Waals surface area contributed by atoms with Gasteiger partial charge in [-0.2, -0.15) is 0 Å². The molecule has 0 aliphatic rings. The lowest BCUT2D eigenvalue weighted by molar-refractivity contribution is -0.0415. The summed E-state index contributed by atoms with van der Waals surface area (Å²) in [5.74, 6) is -7.97. The third-order valence-electron chi connectivity index (χ3n) is 6.38. The van der Waals surface area contributed by atoms with Gasteiger partial charge in [-0.3, -0.25) is 0 Å². The SMILES string of the molecule is CCCCCCOc1ccc(OCC(F)(F)Cc2ccc(-c3ccc(CCCC)c(F)c3)c(F)c2F)c(F)c1. The summed E-state index contributed by atoms with van der Waals surface area (Å²) in [6.07, 6.45) is 5.00. The number of rotatable bonds is 15. The molecule has 0 aliphatic heterocycles. The van der Waals surface area contributed by atoms with Crippen LogP contribution in [0.25, 0.3) is 11.1 Å². The molecule has 3 aromatic rings. The van der Waals surface area contributed by atoms with Gasteiger partial charge in [-0.1, -0.05) is 63.8 Å². The van der Waals surface area contributed by atoms with Crippen LogP contribution < -0.4 is 9.47 Å². The fourth-order valence-corrected chi connectivity index (χ4v) is 4.15. The quantitative estimate of drug-likeness (QED) is 0.138. The van der Waals surface area contributed by atoms with E-state index in [1.54, 1.807) is 0 Å². The van der Waals surface area contributed by atoms with Crippen molar-refractivity contribution in [3.05, 3.63) is 82.9 Å². The average Bonchev–Trinajstić information content (AvgIpc) is 2.90. The van der Waals surface area contributed by atoms with Gasteiger partial charge >= 0.3 is 0 Å². The summed E-state index contributed by atoms with van der Waals surface area (Å²) in [6, 6.07) is 9.96. The monoisotopic (exact) mass is 552 g/mol. The molecule has 0 aliphatic carbocycles. The fraction of sp³-hybridized carbons (Fsp3) is 0.419. The molecule has 212 valence electrons. The van der Waals surface area contributed by atoms with Crippen molar-refractivity contribution >= 4 is 0 Å². The van der Waals surface area contributed by atoms with Gasteiger partial charge in [0.25, 0.3) is 5.92 Å². The van der Waals surface area contributed by atoms with E-state index in [2.05, 4.69) is 6.92 Å². The van der Waals surface area contributed by atoms with Gasteiger partial charge in [0.1, 0.15) is 11.6 Å². The summed E-state index contributed by atoms with van der Waals surface area (Å²) in [7, 11) is 0. The summed E-state index contributed by atoms with van der Waals surface area (Å²) in [6.45, 7) is 3.23. The zero-order valence-corrected chi connectivity index (χ0v) is 22.3. The molecule has 2 nitrogen and oxygen atoms in total. The highest BCUT2D eigenvalue weighted by molar-refractivity contribution is 5.65. The number of unbranched alkanes of at least 4 members (excludes halogenated alkanes) is 4. The molecule has 0 spiro atoms. The maximum Gasteiger partial charge on any atom is 0.285 e. The maximum absolute atomic E-state index is 14.8. The van der Waals surface area contributed by atoms with Gasteiger partial charge in [0, 0.05) is 18.1 Å². The van der Waals surface area contributed by atoms with Gasteiger partial charge in [0.05, 0.1) is 6.61 Å². The standard InChI is InChI=1S/C31H34F6O2/c1-3-5-7-8-16-38-24-13-15-28(27(33)18-24)39-20-31(36,37)19-23-12-14-25(30(35)29(23)34)22-11-10-21(9-6-4-2)26(32)17-22/h10-15,17-18H,3-9,16,19-20H2,1-2H3. The van der Waals surface area contributed by atoms with Crippen molar-refractivity contribution in [3.8, 4) is 22.6 Å². The van der Waals surface area contributed by atoms with Crippen molar-refractivity contribution in [2.45, 2.75) is 71.1 Å². The van der Waals surface area contributed by atoms with E-state index in [0.717, 1.165) is 62.8 Å². The molecule has 0 unspecified atom stereocenters. The van der Waals surface area contributed by atoms with E-state index in [4.69, 9.17) is 9.47 Å². The van der Waals surface area contributed by atoms with Gasteiger partial charge in [0.15, 0.2) is 29.8 Å². The van der Waals surface area contributed by atoms with Gasteiger partial charge in [-0.05, 0) is 54.2 Å². The lowest BCUT2D eigenvalue weighted by atomic mass is 9.97. The predicted molar refractivity (Wildman–Crippen MR) is 141 cm³/mol. The van der Waals surface area contributed by atoms with Crippen molar-refractivity contribution in [2.75, 3.05) is 13.2 Å². The van der Waals surface area contributed by atoms with Crippen molar-refractivity contribution < 1.29 is 35.8 Å². The van der Waals surface area contributed by atoms with Crippen molar-refractivity contribution in [1.82, 2.24) is 0 Å². The number of hydrogen-bond donors (Lipinski definition) is 0. The van der Waals surface area contributed by atoms with Crippen LogP contribution in [0.3, 0.4) is 0 Å². The molecular formula is C31H34F6O2. The molecule has 0 saturated carbocycles. The minimum absolute atomic E-state index is 0.106. The first-order chi connectivity index (χ1) is 18.6. The minimum Gasteiger partial charge on any atom is -0.493 e. The molecule has 0 aromatic heterocycles. The first kappa shape index (κ1) is 30.4. The molecule has 0 atom stereocenters. The van der Waals surface area contributed by atoms with Crippen molar-refractivity contribution in [1.29, 1.82) is 0 Å². The van der Waals surface area contributed by atoms with Crippen LogP contribution in [-0.4, -0.2) is 19.1 Å². The van der Waals surface area contributed by atoms with Crippen LogP contribution in [0.1, 0.15) is 63.5 Å². The first-order valence-corrected chi connectivity index (χ1v) is 13.3. The van der Waals surface area contributed by atoms with Crippen LogP contribution in [-0.2, 0) is 12.8 Å². The Morgan fingerprint density at radius 1 is 0.692 bits per heavy atom. The summed E-state index contributed by atoms with van der Waals surface area (Å²) in [5, 5.41) is 0. The number of halogens is 6. The van der Waals surface area contributed by atoms with E-state index in [1.165, 1.54) is 24.3 Å². The summed E-state index contributed by atoms with van der Waals surface area (Å²) >= 11 is 0. The molecular weight excluding hydrogens is 518 g/mol. The van der Waals surface area contributed by atoms with Crippen LogP contribution in [0.2, 0.25) is 0 Å². The van der Waals surface area contributed by atoms with Crippen molar-refractivity contribution in [3.63, 3.8) is 0 Å². The molecule has 0 fully saturated rings. The third kappa shape index (κ3) is 8.67. The highest BCUT2D eigenvalue weighted by atomic mass is 19.3. The lowest BCUT2D eigenvalue weighted by Gasteiger charge is -2.19. The Bertz CT molecular complexity index is 1230. The first-order valence-electron chi connectivity index (χ1n) is 13.3. The molecule has 0 amide bonds. The average molecular weight is 553 g/mol. The Morgan fingerprint density at radius 2 is 1.44 bits per heavy atom. The summed E-state index contributed by atoms with van der Waals surface area (Å²) in [4.78, 5) is 0. The summed E-state index contributed by atoms with van der Waals surface area (Å²) < 4.78 is 97.9. The second-order valence-corrected chi connectivity index (χ2v) is 9.63. The second-order valence-electron chi connectivity index (χ2n) is 9.63. The van der Waals surface area contributed by atoms with E-state index in [1.807, 2.05) is 6.92 Å². The number of benzene rings is 3. The van der Waals surface area contributed by atoms with Crippen molar-refractivity contribution in [2.24, 2.45) is 0 Å². The van der Waals surface area contributed by atoms with Gasteiger partial charge in [-0.25, -0.2) is 26.3 Å². The van der Waals surface area contributed by atoms with Crippen LogP contribution in [0.4, 0.5) is 26.3 Å².